The maximum atomic E-state index is 13.5. The second-order valence-corrected chi connectivity index (χ2v) is 8.54. The molecule has 3 rings (SSSR count). The monoisotopic (exact) mass is 472 g/mol. The molecule has 0 saturated carbocycles. The Hall–Kier alpha value is -3.03. The van der Waals surface area contributed by atoms with Gasteiger partial charge in [-0.25, -0.2) is 0 Å². The van der Waals surface area contributed by atoms with Gasteiger partial charge in [-0.2, -0.15) is 0 Å². The maximum absolute atomic E-state index is 13.5. The predicted molar refractivity (Wildman–Crippen MR) is 124 cm³/mol. The van der Waals surface area contributed by atoms with Gasteiger partial charge in [0.2, 0.25) is 5.78 Å². The number of Topliss-reactive ketones (excluding diaryl/α,β-unsaturated/α-hetero) is 1. The molecule has 1 N–H and O–H groups in total. The van der Waals surface area contributed by atoms with Crippen LogP contribution in [-0.2, 0) is 9.59 Å². The SMILES string of the molecule is CCOc1ccc(C2C(=C([O-])c3ccc(OC)c(Cl)c3)C(=O)C(=O)N2CCC[NH+](C)C)cc1. The summed E-state index contributed by atoms with van der Waals surface area (Å²) >= 11 is 6.21. The lowest BCUT2D eigenvalue weighted by molar-refractivity contribution is -0.858. The third-order valence-corrected chi connectivity index (χ3v) is 5.82. The van der Waals surface area contributed by atoms with Crippen molar-refractivity contribution < 1.29 is 29.1 Å². The van der Waals surface area contributed by atoms with Gasteiger partial charge in [0, 0.05) is 18.5 Å². The van der Waals surface area contributed by atoms with E-state index in [1.807, 2.05) is 21.0 Å². The van der Waals surface area contributed by atoms with Crippen molar-refractivity contribution in [1.29, 1.82) is 0 Å². The number of halogens is 1. The largest absolute Gasteiger partial charge is 0.872 e. The third kappa shape index (κ3) is 5.31. The molecule has 1 aliphatic heterocycles. The van der Waals surface area contributed by atoms with Crippen LogP contribution < -0.4 is 19.5 Å². The normalized spacial score (nSPS) is 17.6. The van der Waals surface area contributed by atoms with Crippen molar-refractivity contribution in [3.8, 4) is 11.5 Å². The second kappa shape index (κ2) is 10.7. The molecule has 0 bridgehead atoms. The molecular weight excluding hydrogens is 444 g/mol. The number of rotatable bonds is 9. The fourth-order valence-electron chi connectivity index (χ4n) is 3.93. The summed E-state index contributed by atoms with van der Waals surface area (Å²) in [6.07, 6.45) is 0.699. The molecule has 1 fully saturated rings. The lowest BCUT2D eigenvalue weighted by Crippen LogP contribution is -3.05. The van der Waals surface area contributed by atoms with E-state index in [4.69, 9.17) is 21.1 Å². The minimum Gasteiger partial charge on any atom is -0.872 e. The standard InChI is InChI=1S/C25H29ClN2O5/c1-5-33-18-10-7-16(8-11-18)22-21(23(29)17-9-12-20(32-4)19(26)15-17)24(30)25(31)28(22)14-6-13-27(2)3/h7-12,15,22,29H,5-6,13-14H2,1-4H3. The van der Waals surface area contributed by atoms with Crippen molar-refractivity contribution in [3.05, 3.63) is 64.2 Å². The van der Waals surface area contributed by atoms with Crippen molar-refractivity contribution in [2.24, 2.45) is 0 Å². The van der Waals surface area contributed by atoms with Gasteiger partial charge in [0.15, 0.2) is 0 Å². The van der Waals surface area contributed by atoms with Crippen LogP contribution >= 0.6 is 11.6 Å². The van der Waals surface area contributed by atoms with Gasteiger partial charge in [0.25, 0.3) is 5.91 Å². The summed E-state index contributed by atoms with van der Waals surface area (Å²) in [5.74, 6) is -0.858. The number of nitrogens with zero attached hydrogens (tertiary/aromatic N) is 1. The molecular formula is C25H29ClN2O5. The average Bonchev–Trinajstić information content (AvgIpc) is 3.04. The molecule has 0 aliphatic carbocycles. The number of carbonyl (C=O) groups excluding carboxylic acids is 2. The molecule has 1 atom stereocenters. The molecule has 33 heavy (non-hydrogen) atoms. The molecule has 0 radical (unpaired) electrons. The number of benzene rings is 2. The number of amides is 1. The van der Waals surface area contributed by atoms with Crippen LogP contribution in [0.15, 0.2) is 48.0 Å². The summed E-state index contributed by atoms with van der Waals surface area (Å²) in [4.78, 5) is 28.8. The number of hydrogen-bond donors (Lipinski definition) is 1. The molecule has 1 amide bonds. The van der Waals surface area contributed by atoms with Crippen LogP contribution in [0.2, 0.25) is 5.02 Å². The molecule has 1 unspecified atom stereocenters. The van der Waals surface area contributed by atoms with E-state index >= 15 is 0 Å². The quantitative estimate of drug-likeness (QED) is 0.340. The lowest BCUT2D eigenvalue weighted by Gasteiger charge is -2.28. The molecule has 1 aliphatic rings. The second-order valence-electron chi connectivity index (χ2n) is 8.14. The fourth-order valence-corrected chi connectivity index (χ4v) is 4.18. The summed E-state index contributed by atoms with van der Waals surface area (Å²) in [7, 11) is 5.52. The van der Waals surface area contributed by atoms with Gasteiger partial charge < -0.3 is 24.4 Å². The zero-order chi connectivity index (χ0) is 24.1. The number of nitrogens with one attached hydrogen (secondary N) is 1. The molecule has 176 valence electrons. The van der Waals surface area contributed by atoms with Crippen LogP contribution in [-0.4, -0.2) is 57.5 Å². The topological polar surface area (TPSA) is 83.3 Å². The Balaban J connectivity index is 2.08. The van der Waals surface area contributed by atoms with Crippen molar-refractivity contribution in [3.63, 3.8) is 0 Å². The van der Waals surface area contributed by atoms with Gasteiger partial charge >= 0.3 is 0 Å². The van der Waals surface area contributed by atoms with Crippen LogP contribution in [0.4, 0.5) is 0 Å². The van der Waals surface area contributed by atoms with Crippen LogP contribution in [0.3, 0.4) is 0 Å². The molecule has 7 nitrogen and oxygen atoms in total. The van der Waals surface area contributed by atoms with E-state index in [-0.39, 0.29) is 16.2 Å². The number of methoxy groups -OCH3 is 1. The van der Waals surface area contributed by atoms with E-state index in [2.05, 4.69) is 0 Å². The molecule has 2 aromatic carbocycles. The van der Waals surface area contributed by atoms with E-state index in [1.165, 1.54) is 23.0 Å². The molecule has 2 aromatic rings. The first kappa shape index (κ1) is 24.6. The Kier molecular flexibility index (Phi) is 8.00. The summed E-state index contributed by atoms with van der Waals surface area (Å²) in [5, 5.41) is 13.7. The van der Waals surface area contributed by atoms with E-state index < -0.39 is 23.5 Å². The number of hydrogen-bond acceptors (Lipinski definition) is 5. The average molecular weight is 473 g/mol. The number of ether oxygens (including phenoxy) is 2. The first-order valence-electron chi connectivity index (χ1n) is 10.9. The van der Waals surface area contributed by atoms with Gasteiger partial charge in [-0.3, -0.25) is 9.59 Å². The molecule has 0 spiro atoms. The zero-order valence-corrected chi connectivity index (χ0v) is 20.1. The van der Waals surface area contributed by atoms with Crippen molar-refractivity contribution in [2.45, 2.75) is 19.4 Å². The minimum atomic E-state index is -0.775. The highest BCUT2D eigenvalue weighted by Crippen LogP contribution is 2.40. The Morgan fingerprint density at radius 3 is 2.42 bits per heavy atom. The highest BCUT2D eigenvalue weighted by molar-refractivity contribution is 6.46. The molecule has 8 heteroatoms. The van der Waals surface area contributed by atoms with Gasteiger partial charge in [-0.1, -0.05) is 35.6 Å². The number of quaternary nitrogens is 1. The number of carbonyl (C=O) groups is 2. The van der Waals surface area contributed by atoms with Crippen molar-refractivity contribution >= 4 is 29.1 Å². The smallest absolute Gasteiger partial charge is 0.295 e. The Labute approximate surface area is 199 Å². The Morgan fingerprint density at radius 1 is 1.15 bits per heavy atom. The maximum Gasteiger partial charge on any atom is 0.295 e. The zero-order valence-electron chi connectivity index (χ0n) is 19.3. The van der Waals surface area contributed by atoms with Crippen LogP contribution in [0.5, 0.6) is 11.5 Å². The summed E-state index contributed by atoms with van der Waals surface area (Å²) in [6.45, 7) is 3.60. The molecule has 1 saturated heterocycles. The Morgan fingerprint density at radius 2 is 1.85 bits per heavy atom. The van der Waals surface area contributed by atoms with E-state index in [0.717, 1.165) is 6.54 Å². The van der Waals surface area contributed by atoms with Crippen molar-refractivity contribution in [1.82, 2.24) is 4.90 Å². The highest BCUT2D eigenvalue weighted by atomic mass is 35.5. The summed E-state index contributed by atoms with van der Waals surface area (Å²) in [6, 6.07) is 10.9. The first-order chi connectivity index (χ1) is 15.8. The van der Waals surface area contributed by atoms with Crippen molar-refractivity contribution in [2.75, 3.05) is 40.9 Å². The summed E-state index contributed by atoms with van der Waals surface area (Å²) < 4.78 is 10.7. The molecule has 0 aromatic heterocycles. The summed E-state index contributed by atoms with van der Waals surface area (Å²) in [5.41, 5.74) is 0.841. The van der Waals surface area contributed by atoms with E-state index in [0.29, 0.717) is 36.6 Å². The van der Waals surface area contributed by atoms with E-state index in [1.54, 1.807) is 36.4 Å². The van der Waals surface area contributed by atoms with Gasteiger partial charge in [0.05, 0.1) is 45.4 Å². The lowest BCUT2D eigenvalue weighted by atomic mass is 9.95. The minimum absolute atomic E-state index is 0.0670. The molecule has 1 heterocycles. The van der Waals surface area contributed by atoms with Crippen LogP contribution in [0.1, 0.15) is 30.5 Å². The van der Waals surface area contributed by atoms with Gasteiger partial charge in [-0.15, -0.1) is 0 Å². The Bertz CT molecular complexity index is 1050. The van der Waals surface area contributed by atoms with Gasteiger partial charge in [0.1, 0.15) is 11.5 Å². The van der Waals surface area contributed by atoms with Crippen LogP contribution in [0.25, 0.3) is 5.76 Å². The predicted octanol–water partition coefficient (Wildman–Crippen LogP) is 1.51. The number of ketones is 1. The van der Waals surface area contributed by atoms with Gasteiger partial charge in [-0.05, 0) is 42.3 Å². The first-order valence-corrected chi connectivity index (χ1v) is 11.3. The van der Waals surface area contributed by atoms with E-state index in [9.17, 15) is 14.7 Å². The third-order valence-electron chi connectivity index (χ3n) is 5.53. The number of likely N-dealkylation sites (tertiary alicyclic amines) is 1. The fraction of sp³-hybridized carbons (Fsp3) is 0.360. The van der Waals surface area contributed by atoms with Crippen LogP contribution in [0, 0.1) is 0 Å². The highest BCUT2D eigenvalue weighted by Gasteiger charge is 2.44.